The second-order valence-corrected chi connectivity index (χ2v) is 9.92. The van der Waals surface area contributed by atoms with Crippen LogP contribution in [-0.2, 0) is 0 Å². The normalized spacial score (nSPS) is 15.2. The molecule has 0 spiro atoms. The highest BCUT2D eigenvalue weighted by Gasteiger charge is 2.44. The number of halogens is 3. The number of alkyl halides is 3. The van der Waals surface area contributed by atoms with Crippen molar-refractivity contribution in [2.75, 3.05) is 26.2 Å². The third kappa shape index (κ3) is 7.10. The maximum atomic E-state index is 14.6. The summed E-state index contributed by atoms with van der Waals surface area (Å²) in [5, 5.41) is 19.7. The Hall–Kier alpha value is -3.65. The van der Waals surface area contributed by atoms with Gasteiger partial charge in [-0.05, 0) is 86.4 Å². The number of hydrogen-bond acceptors (Lipinski definition) is 5. The van der Waals surface area contributed by atoms with Crippen LogP contribution in [0.3, 0.4) is 0 Å². The minimum atomic E-state index is -4.70. The van der Waals surface area contributed by atoms with Gasteiger partial charge in [0.25, 0.3) is 0 Å². The molecule has 0 aromatic heterocycles. The maximum Gasteiger partial charge on any atom is 0.417 e. The van der Waals surface area contributed by atoms with E-state index in [0.29, 0.717) is 17.9 Å². The van der Waals surface area contributed by atoms with Gasteiger partial charge in [0.15, 0.2) is 6.10 Å². The Kier molecular flexibility index (Phi) is 9.63. The molecule has 40 heavy (non-hydrogen) atoms. The van der Waals surface area contributed by atoms with E-state index < -0.39 is 17.9 Å². The van der Waals surface area contributed by atoms with Crippen molar-refractivity contribution in [2.24, 2.45) is 0 Å². The number of fused-ring (bicyclic) bond motifs is 1. The standard InChI is InChI=1S/C32H36F3NO4/c1-3-5-18-36(4-2)19-6-7-20-39-26-15-10-23(11-16-26)31-29(22-8-12-24(37)13-9-22)30(32(33,34)35)27-17-14-25(38)21-28(27)40-31/h8-17,21,31,37-38H,3-7,18-20H2,1-2H3. The molecule has 214 valence electrons. The van der Waals surface area contributed by atoms with E-state index in [4.69, 9.17) is 9.47 Å². The number of nitrogens with zero attached hydrogens (tertiary/aromatic N) is 1. The molecule has 5 nitrogen and oxygen atoms in total. The van der Waals surface area contributed by atoms with E-state index in [1.807, 2.05) is 0 Å². The molecule has 2 N–H and O–H groups in total. The van der Waals surface area contributed by atoms with Crippen LogP contribution in [0.2, 0.25) is 0 Å². The molecule has 0 amide bonds. The fraction of sp³-hybridized carbons (Fsp3) is 0.375. The van der Waals surface area contributed by atoms with Gasteiger partial charge >= 0.3 is 6.18 Å². The Labute approximate surface area is 233 Å². The van der Waals surface area contributed by atoms with Crippen LogP contribution >= 0.6 is 0 Å². The van der Waals surface area contributed by atoms with Gasteiger partial charge in [0, 0.05) is 17.2 Å². The van der Waals surface area contributed by atoms with Crippen LogP contribution in [0.25, 0.3) is 11.1 Å². The van der Waals surface area contributed by atoms with Gasteiger partial charge in [-0.1, -0.05) is 44.5 Å². The van der Waals surface area contributed by atoms with Crippen LogP contribution < -0.4 is 9.47 Å². The van der Waals surface area contributed by atoms with E-state index in [1.54, 1.807) is 24.3 Å². The van der Waals surface area contributed by atoms with E-state index in [9.17, 15) is 23.4 Å². The molecule has 3 aromatic carbocycles. The molecule has 8 heteroatoms. The van der Waals surface area contributed by atoms with Gasteiger partial charge in [-0.15, -0.1) is 0 Å². The Morgan fingerprint density at radius 1 is 0.850 bits per heavy atom. The third-order valence-corrected chi connectivity index (χ3v) is 7.07. The van der Waals surface area contributed by atoms with E-state index in [2.05, 4.69) is 18.7 Å². The second kappa shape index (κ2) is 13.1. The van der Waals surface area contributed by atoms with Gasteiger partial charge in [0.05, 0.1) is 12.2 Å². The number of allylic oxidation sites excluding steroid dienone is 1. The average Bonchev–Trinajstić information content (AvgIpc) is 2.93. The molecule has 4 rings (SSSR count). The van der Waals surface area contributed by atoms with Crippen LogP contribution in [0.5, 0.6) is 23.0 Å². The molecular formula is C32H36F3NO4. The fourth-order valence-corrected chi connectivity index (χ4v) is 4.93. The first-order valence-corrected chi connectivity index (χ1v) is 13.8. The summed E-state index contributed by atoms with van der Waals surface area (Å²) >= 11 is 0. The number of rotatable bonds is 12. The summed E-state index contributed by atoms with van der Waals surface area (Å²) in [4.78, 5) is 2.44. The van der Waals surface area contributed by atoms with E-state index >= 15 is 0 Å². The van der Waals surface area contributed by atoms with E-state index in [1.165, 1.54) is 55.3 Å². The lowest BCUT2D eigenvalue weighted by Gasteiger charge is -2.33. The van der Waals surface area contributed by atoms with Crippen LogP contribution in [0.1, 0.15) is 62.3 Å². The number of aromatic hydroxyl groups is 2. The Morgan fingerprint density at radius 3 is 2.17 bits per heavy atom. The minimum absolute atomic E-state index is 0.0543. The highest BCUT2D eigenvalue weighted by molar-refractivity contribution is 5.98. The van der Waals surface area contributed by atoms with E-state index in [-0.39, 0.29) is 33.9 Å². The number of benzene rings is 3. The Morgan fingerprint density at radius 2 is 1.52 bits per heavy atom. The van der Waals surface area contributed by atoms with Gasteiger partial charge in [-0.3, -0.25) is 0 Å². The molecular weight excluding hydrogens is 519 g/mol. The summed E-state index contributed by atoms with van der Waals surface area (Å²) < 4.78 is 55.7. The molecule has 1 aliphatic heterocycles. The lowest BCUT2D eigenvalue weighted by Crippen LogP contribution is -2.25. The summed E-state index contributed by atoms with van der Waals surface area (Å²) in [6, 6.07) is 16.1. The van der Waals surface area contributed by atoms with Gasteiger partial charge in [-0.2, -0.15) is 13.2 Å². The lowest BCUT2D eigenvalue weighted by atomic mass is 9.85. The predicted octanol–water partition coefficient (Wildman–Crippen LogP) is 7.99. The minimum Gasteiger partial charge on any atom is -0.508 e. The van der Waals surface area contributed by atoms with Crippen LogP contribution in [-0.4, -0.2) is 47.5 Å². The maximum absolute atomic E-state index is 14.6. The van der Waals surface area contributed by atoms with E-state index in [0.717, 1.165) is 32.5 Å². The smallest absolute Gasteiger partial charge is 0.417 e. The van der Waals surface area contributed by atoms with Crippen LogP contribution in [0, 0.1) is 0 Å². The average molecular weight is 556 g/mol. The zero-order valence-electron chi connectivity index (χ0n) is 22.9. The molecule has 0 radical (unpaired) electrons. The molecule has 0 bridgehead atoms. The number of phenolic OH excluding ortho intramolecular Hbond substituents is 2. The second-order valence-electron chi connectivity index (χ2n) is 9.92. The molecule has 1 unspecified atom stereocenters. The van der Waals surface area contributed by atoms with Gasteiger partial charge in [0.1, 0.15) is 23.0 Å². The third-order valence-electron chi connectivity index (χ3n) is 7.07. The fourth-order valence-electron chi connectivity index (χ4n) is 4.93. The van der Waals surface area contributed by atoms with Crippen LogP contribution in [0.4, 0.5) is 13.2 Å². The number of unbranched alkanes of at least 4 members (excludes halogenated alkanes) is 2. The van der Waals surface area contributed by atoms with Crippen molar-refractivity contribution in [3.05, 3.63) is 83.4 Å². The summed E-state index contributed by atoms with van der Waals surface area (Å²) in [7, 11) is 0. The largest absolute Gasteiger partial charge is 0.508 e. The number of phenols is 2. The topological polar surface area (TPSA) is 62.2 Å². The molecule has 0 fully saturated rings. The summed E-state index contributed by atoms with van der Waals surface area (Å²) in [5.41, 5.74) is -0.288. The first-order chi connectivity index (χ1) is 19.2. The lowest BCUT2D eigenvalue weighted by molar-refractivity contribution is -0.0695. The number of ether oxygens (including phenoxy) is 2. The van der Waals surface area contributed by atoms with Crippen molar-refractivity contribution in [3.8, 4) is 23.0 Å². The van der Waals surface area contributed by atoms with Gasteiger partial charge < -0.3 is 24.6 Å². The van der Waals surface area contributed by atoms with Crippen molar-refractivity contribution >= 4 is 11.1 Å². The molecule has 1 atom stereocenters. The zero-order chi connectivity index (χ0) is 28.7. The Balaban J connectivity index is 1.56. The highest BCUT2D eigenvalue weighted by Crippen LogP contribution is 2.53. The van der Waals surface area contributed by atoms with Gasteiger partial charge in [-0.25, -0.2) is 0 Å². The van der Waals surface area contributed by atoms with Crippen LogP contribution in [0.15, 0.2) is 66.7 Å². The Bertz CT molecular complexity index is 1290. The summed E-state index contributed by atoms with van der Waals surface area (Å²) in [6.07, 6.45) is -1.50. The monoisotopic (exact) mass is 555 g/mol. The quantitative estimate of drug-likeness (QED) is 0.222. The van der Waals surface area contributed by atoms with Crippen molar-refractivity contribution in [2.45, 2.75) is 51.8 Å². The molecule has 1 aliphatic rings. The molecule has 0 saturated carbocycles. The highest BCUT2D eigenvalue weighted by atomic mass is 19.4. The molecule has 0 saturated heterocycles. The molecule has 3 aromatic rings. The summed E-state index contributed by atoms with van der Waals surface area (Å²) in [6.45, 7) is 8.09. The van der Waals surface area contributed by atoms with Crippen molar-refractivity contribution in [1.82, 2.24) is 4.90 Å². The predicted molar refractivity (Wildman–Crippen MR) is 151 cm³/mol. The van der Waals surface area contributed by atoms with Crippen molar-refractivity contribution in [1.29, 1.82) is 0 Å². The van der Waals surface area contributed by atoms with Gasteiger partial charge in [0.2, 0.25) is 0 Å². The molecule has 0 aliphatic carbocycles. The zero-order valence-corrected chi connectivity index (χ0v) is 22.9. The first kappa shape index (κ1) is 29.3. The van der Waals surface area contributed by atoms with Crippen molar-refractivity contribution < 1.29 is 32.9 Å². The SMILES string of the molecule is CCCCN(CC)CCCCOc1ccc(C2Oc3cc(O)ccc3C(C(F)(F)F)=C2c2ccc(O)cc2)cc1. The first-order valence-electron chi connectivity index (χ1n) is 13.8. The van der Waals surface area contributed by atoms with Crippen molar-refractivity contribution in [3.63, 3.8) is 0 Å². The number of hydrogen-bond donors (Lipinski definition) is 2. The summed E-state index contributed by atoms with van der Waals surface area (Å²) in [5.74, 6) is 0.326. The molecule has 1 heterocycles.